The number of ether oxygens (including phenoxy) is 1. The number of thiazole rings is 1. The summed E-state index contributed by atoms with van der Waals surface area (Å²) in [5.41, 5.74) is 3.11. The van der Waals surface area contributed by atoms with Crippen LogP contribution in [0.15, 0.2) is 48.8 Å². The molecule has 1 aromatic carbocycles. The third-order valence-corrected chi connectivity index (χ3v) is 6.14. The molecule has 1 aliphatic rings. The molecular formula is C22H23N3O2S. The van der Waals surface area contributed by atoms with E-state index >= 15 is 0 Å². The van der Waals surface area contributed by atoms with Crippen molar-refractivity contribution in [3.8, 4) is 5.75 Å². The predicted molar refractivity (Wildman–Crippen MR) is 110 cm³/mol. The molecule has 2 aromatic heterocycles. The topological polar surface area (TPSA) is 55.3 Å². The molecule has 1 fully saturated rings. The van der Waals surface area contributed by atoms with E-state index in [2.05, 4.69) is 9.97 Å². The molecule has 0 spiro atoms. The van der Waals surface area contributed by atoms with Crippen molar-refractivity contribution < 1.29 is 9.53 Å². The number of pyridine rings is 1. The molecule has 0 N–H and O–H groups in total. The molecule has 1 saturated heterocycles. The Hall–Kier alpha value is -2.73. The maximum Gasteiger partial charge on any atom is 0.266 e. The maximum atomic E-state index is 13.2. The van der Waals surface area contributed by atoms with Crippen LogP contribution in [-0.4, -0.2) is 27.3 Å². The van der Waals surface area contributed by atoms with Crippen molar-refractivity contribution in [1.82, 2.24) is 14.9 Å². The summed E-state index contributed by atoms with van der Waals surface area (Å²) >= 11 is 1.43. The first-order chi connectivity index (χ1) is 13.6. The number of likely N-dealkylation sites (tertiary alicyclic amines) is 1. The number of hydrogen-bond acceptors (Lipinski definition) is 5. The number of carbonyl (C=O) groups is 1. The van der Waals surface area contributed by atoms with E-state index < -0.39 is 0 Å². The lowest BCUT2D eigenvalue weighted by atomic mass is 10.1. The lowest BCUT2D eigenvalue weighted by Gasteiger charge is -2.24. The minimum atomic E-state index is 0.0656. The summed E-state index contributed by atoms with van der Waals surface area (Å²) < 4.78 is 5.83. The molecule has 4 rings (SSSR count). The summed E-state index contributed by atoms with van der Waals surface area (Å²) in [4.78, 5) is 24.6. The number of carbonyl (C=O) groups excluding carboxylic acids is 1. The van der Waals surface area contributed by atoms with Gasteiger partial charge in [0.2, 0.25) is 0 Å². The molecule has 1 aliphatic heterocycles. The molecule has 0 radical (unpaired) electrons. The normalized spacial score (nSPS) is 16.4. The average molecular weight is 394 g/mol. The summed E-state index contributed by atoms with van der Waals surface area (Å²) in [5, 5.41) is 0.820. The molecular weight excluding hydrogens is 370 g/mol. The molecule has 3 aromatic rings. The number of nitrogens with zero attached hydrogens (tertiary/aromatic N) is 3. The Bertz CT molecular complexity index is 954. The number of aryl methyl sites for hydroxylation is 2. The number of amides is 1. The highest BCUT2D eigenvalue weighted by atomic mass is 32.1. The highest BCUT2D eigenvalue weighted by Crippen LogP contribution is 2.34. The first-order valence-corrected chi connectivity index (χ1v) is 10.3. The molecule has 3 heterocycles. The molecule has 1 amide bonds. The Morgan fingerprint density at radius 3 is 2.68 bits per heavy atom. The smallest absolute Gasteiger partial charge is 0.266 e. The monoisotopic (exact) mass is 393 g/mol. The average Bonchev–Trinajstić information content (AvgIpc) is 3.34. The number of benzene rings is 1. The fourth-order valence-electron chi connectivity index (χ4n) is 3.56. The van der Waals surface area contributed by atoms with Crippen LogP contribution < -0.4 is 4.74 Å². The zero-order valence-electron chi connectivity index (χ0n) is 16.1. The van der Waals surface area contributed by atoms with Gasteiger partial charge in [0.25, 0.3) is 5.91 Å². The van der Waals surface area contributed by atoms with E-state index in [1.165, 1.54) is 16.9 Å². The fourth-order valence-corrected chi connectivity index (χ4v) is 4.50. The van der Waals surface area contributed by atoms with E-state index in [4.69, 9.17) is 4.74 Å². The first-order valence-electron chi connectivity index (χ1n) is 9.48. The Morgan fingerprint density at radius 1 is 1.18 bits per heavy atom. The van der Waals surface area contributed by atoms with Crippen molar-refractivity contribution in [1.29, 1.82) is 0 Å². The summed E-state index contributed by atoms with van der Waals surface area (Å²) in [7, 11) is 0. The van der Waals surface area contributed by atoms with Crippen LogP contribution in [0.2, 0.25) is 0 Å². The highest BCUT2D eigenvalue weighted by Gasteiger charge is 2.32. The SMILES string of the molecule is Cc1ccc(OCc2nc(C)c(C(=O)N3CCC[C@@H]3c3ccncc3)s2)cc1. The number of rotatable bonds is 5. The Morgan fingerprint density at radius 2 is 1.93 bits per heavy atom. The summed E-state index contributed by atoms with van der Waals surface area (Å²) in [6.45, 7) is 5.09. The Labute approximate surface area is 169 Å². The van der Waals surface area contributed by atoms with Crippen molar-refractivity contribution in [2.45, 2.75) is 39.3 Å². The zero-order chi connectivity index (χ0) is 19.5. The third kappa shape index (κ3) is 3.92. The van der Waals surface area contributed by atoms with Gasteiger partial charge in [-0.15, -0.1) is 11.3 Å². The molecule has 5 nitrogen and oxygen atoms in total. The molecule has 0 unspecified atom stereocenters. The van der Waals surface area contributed by atoms with Gasteiger partial charge in [0.15, 0.2) is 0 Å². The van der Waals surface area contributed by atoms with Gasteiger partial charge in [-0.2, -0.15) is 0 Å². The van der Waals surface area contributed by atoms with Crippen molar-refractivity contribution in [3.05, 3.63) is 75.5 Å². The van der Waals surface area contributed by atoms with Crippen molar-refractivity contribution in [3.63, 3.8) is 0 Å². The first kappa shape index (κ1) is 18.6. The van der Waals surface area contributed by atoms with Crippen LogP contribution in [0, 0.1) is 13.8 Å². The largest absolute Gasteiger partial charge is 0.486 e. The van der Waals surface area contributed by atoms with E-state index in [9.17, 15) is 4.79 Å². The van der Waals surface area contributed by atoms with Gasteiger partial charge in [0, 0.05) is 18.9 Å². The van der Waals surface area contributed by atoms with Gasteiger partial charge in [-0.25, -0.2) is 4.98 Å². The summed E-state index contributed by atoms with van der Waals surface area (Å²) in [6, 6.07) is 12.0. The predicted octanol–water partition coefficient (Wildman–Crippen LogP) is 4.71. The van der Waals surface area contributed by atoms with E-state index in [1.807, 2.05) is 55.1 Å². The lowest BCUT2D eigenvalue weighted by molar-refractivity contribution is 0.0739. The molecule has 28 heavy (non-hydrogen) atoms. The molecule has 0 bridgehead atoms. The zero-order valence-corrected chi connectivity index (χ0v) is 16.9. The quantitative estimate of drug-likeness (QED) is 0.630. The van der Waals surface area contributed by atoms with Crippen LogP contribution in [0.1, 0.15) is 50.4 Å². The van der Waals surface area contributed by atoms with E-state index in [1.54, 1.807) is 12.4 Å². The Balaban J connectivity index is 1.48. The van der Waals surface area contributed by atoms with Crippen molar-refractivity contribution >= 4 is 17.2 Å². The van der Waals surface area contributed by atoms with Crippen LogP contribution >= 0.6 is 11.3 Å². The van der Waals surface area contributed by atoms with Gasteiger partial charge in [0.1, 0.15) is 22.2 Å². The fraction of sp³-hybridized carbons (Fsp3) is 0.318. The number of hydrogen-bond donors (Lipinski definition) is 0. The van der Waals surface area contributed by atoms with Crippen LogP contribution in [-0.2, 0) is 6.61 Å². The standard InChI is InChI=1S/C22H23N3O2S/c1-15-5-7-18(8-6-15)27-14-20-24-16(2)21(28-20)22(26)25-13-3-4-19(25)17-9-11-23-12-10-17/h5-12,19H,3-4,13-14H2,1-2H3/t19-/m1/s1. The molecule has 0 saturated carbocycles. The Kier molecular flexibility index (Phi) is 5.39. The van der Waals surface area contributed by atoms with Crippen LogP contribution in [0.3, 0.4) is 0 Å². The second kappa shape index (κ2) is 8.10. The van der Waals surface area contributed by atoms with Gasteiger partial charge in [0.05, 0.1) is 11.7 Å². The maximum absolute atomic E-state index is 13.2. The van der Waals surface area contributed by atoms with Gasteiger partial charge in [-0.1, -0.05) is 17.7 Å². The third-order valence-electron chi connectivity index (χ3n) is 5.02. The van der Waals surface area contributed by atoms with Gasteiger partial charge >= 0.3 is 0 Å². The molecule has 1 atom stereocenters. The second-order valence-electron chi connectivity index (χ2n) is 7.06. The summed E-state index contributed by atoms with van der Waals surface area (Å²) in [6.07, 6.45) is 5.57. The van der Waals surface area contributed by atoms with E-state index in [0.29, 0.717) is 11.5 Å². The van der Waals surface area contributed by atoms with Gasteiger partial charge in [-0.3, -0.25) is 9.78 Å². The van der Waals surface area contributed by atoms with E-state index in [-0.39, 0.29) is 11.9 Å². The molecule has 6 heteroatoms. The molecule has 0 aliphatic carbocycles. The van der Waals surface area contributed by atoms with Gasteiger partial charge < -0.3 is 9.64 Å². The van der Waals surface area contributed by atoms with Crippen molar-refractivity contribution in [2.24, 2.45) is 0 Å². The van der Waals surface area contributed by atoms with Crippen LogP contribution in [0.25, 0.3) is 0 Å². The summed E-state index contributed by atoms with van der Waals surface area (Å²) in [5.74, 6) is 0.875. The molecule has 144 valence electrons. The van der Waals surface area contributed by atoms with Gasteiger partial charge in [-0.05, 0) is 56.5 Å². The number of aromatic nitrogens is 2. The van der Waals surface area contributed by atoms with Crippen LogP contribution in [0.4, 0.5) is 0 Å². The van der Waals surface area contributed by atoms with E-state index in [0.717, 1.165) is 41.4 Å². The lowest BCUT2D eigenvalue weighted by Crippen LogP contribution is -2.30. The second-order valence-corrected chi connectivity index (χ2v) is 8.14. The highest BCUT2D eigenvalue weighted by molar-refractivity contribution is 7.13. The minimum absolute atomic E-state index is 0.0656. The minimum Gasteiger partial charge on any atom is -0.486 e. The van der Waals surface area contributed by atoms with Crippen LogP contribution in [0.5, 0.6) is 5.75 Å². The van der Waals surface area contributed by atoms with Crippen molar-refractivity contribution in [2.75, 3.05) is 6.54 Å².